The Morgan fingerprint density at radius 2 is 2.11 bits per heavy atom. The first-order valence-corrected chi connectivity index (χ1v) is 3.53. The standard InChI is InChI=1S/C3H7NO2S3/c5-3(6)2(1-7)4(8)9/h2,7-9H,1H2,(H,5,6)/t2-/m0/s1. The number of nitrogens with zero attached hydrogens (tertiary/aromatic N) is 1. The number of aliphatic carboxylic acids is 1. The maximum Gasteiger partial charge on any atom is 0.323 e. The zero-order chi connectivity index (χ0) is 7.44. The van der Waals surface area contributed by atoms with Crippen molar-refractivity contribution < 1.29 is 9.90 Å². The van der Waals surface area contributed by atoms with Gasteiger partial charge in [0.1, 0.15) is 6.04 Å². The molecule has 0 spiro atoms. The number of hydrogen-bond donors (Lipinski definition) is 4. The van der Waals surface area contributed by atoms with Gasteiger partial charge in [-0.05, 0) is 0 Å². The van der Waals surface area contributed by atoms with E-state index >= 15 is 0 Å². The molecule has 0 rings (SSSR count). The SMILES string of the molecule is O=C(O)[C@H](CS)N(S)S. The van der Waals surface area contributed by atoms with E-state index in [9.17, 15) is 4.79 Å². The maximum atomic E-state index is 10.2. The number of carboxylic acids is 1. The summed E-state index contributed by atoms with van der Waals surface area (Å²) in [5.74, 6) is -0.780. The van der Waals surface area contributed by atoms with Crippen LogP contribution in [0, 0.1) is 0 Å². The van der Waals surface area contributed by atoms with Gasteiger partial charge in [-0.25, -0.2) is 0 Å². The summed E-state index contributed by atoms with van der Waals surface area (Å²) in [7, 11) is 0. The van der Waals surface area contributed by atoms with Crippen LogP contribution >= 0.6 is 38.3 Å². The van der Waals surface area contributed by atoms with E-state index < -0.39 is 12.0 Å². The molecule has 54 valence electrons. The molecule has 0 heterocycles. The van der Waals surface area contributed by atoms with Crippen molar-refractivity contribution in [3.05, 3.63) is 0 Å². The summed E-state index contributed by atoms with van der Waals surface area (Å²) in [4.78, 5) is 10.2. The highest BCUT2D eigenvalue weighted by atomic mass is 32.2. The van der Waals surface area contributed by atoms with Crippen LogP contribution in [0.15, 0.2) is 0 Å². The predicted molar refractivity (Wildman–Crippen MR) is 45.1 cm³/mol. The lowest BCUT2D eigenvalue weighted by Gasteiger charge is -2.13. The lowest BCUT2D eigenvalue weighted by atomic mass is 10.4. The lowest BCUT2D eigenvalue weighted by molar-refractivity contribution is -0.139. The van der Waals surface area contributed by atoms with Crippen molar-refractivity contribution in [1.29, 1.82) is 0 Å². The normalized spacial score (nSPS) is 13.8. The summed E-state index contributed by atoms with van der Waals surface area (Å²) in [6, 6.07) is -0.736. The van der Waals surface area contributed by atoms with Crippen molar-refractivity contribution in [3.8, 4) is 0 Å². The van der Waals surface area contributed by atoms with Gasteiger partial charge in [0.2, 0.25) is 0 Å². The van der Waals surface area contributed by atoms with Gasteiger partial charge in [0.15, 0.2) is 0 Å². The van der Waals surface area contributed by atoms with E-state index in [4.69, 9.17) is 5.11 Å². The molecule has 0 saturated carbocycles. The molecule has 3 nitrogen and oxygen atoms in total. The summed E-state index contributed by atoms with van der Waals surface area (Å²) in [6.45, 7) is 0. The zero-order valence-electron chi connectivity index (χ0n) is 4.43. The van der Waals surface area contributed by atoms with E-state index in [2.05, 4.69) is 38.3 Å². The Bertz CT molecular complexity index is 107. The molecule has 0 unspecified atom stereocenters. The van der Waals surface area contributed by atoms with Crippen molar-refractivity contribution in [2.45, 2.75) is 6.04 Å². The number of carbonyl (C=O) groups is 1. The van der Waals surface area contributed by atoms with E-state index in [-0.39, 0.29) is 5.75 Å². The molecular formula is C3H7NO2S3. The first-order valence-electron chi connectivity index (χ1n) is 2.10. The molecule has 0 bridgehead atoms. The highest BCUT2D eigenvalue weighted by Gasteiger charge is 2.18. The molecule has 0 fully saturated rings. The maximum absolute atomic E-state index is 10.2. The molecule has 1 N–H and O–H groups in total. The van der Waals surface area contributed by atoms with E-state index in [1.165, 1.54) is 0 Å². The Morgan fingerprint density at radius 3 is 2.11 bits per heavy atom. The average molecular weight is 185 g/mol. The Morgan fingerprint density at radius 1 is 1.67 bits per heavy atom. The van der Waals surface area contributed by atoms with Crippen molar-refractivity contribution in [1.82, 2.24) is 3.71 Å². The van der Waals surface area contributed by atoms with Gasteiger partial charge in [0.25, 0.3) is 0 Å². The summed E-state index contributed by atoms with van der Waals surface area (Å²) in [5, 5.41) is 8.36. The topological polar surface area (TPSA) is 40.5 Å². The summed E-state index contributed by atoms with van der Waals surface area (Å²) in [6.07, 6.45) is 0. The van der Waals surface area contributed by atoms with Gasteiger partial charge in [0, 0.05) is 5.75 Å². The van der Waals surface area contributed by atoms with Gasteiger partial charge in [0.05, 0.1) is 0 Å². The molecule has 0 amide bonds. The van der Waals surface area contributed by atoms with Gasteiger partial charge < -0.3 is 5.11 Å². The molecule has 0 saturated heterocycles. The van der Waals surface area contributed by atoms with Crippen LogP contribution in [0.4, 0.5) is 0 Å². The monoisotopic (exact) mass is 185 g/mol. The first kappa shape index (κ1) is 9.48. The van der Waals surface area contributed by atoms with Crippen LogP contribution in [-0.2, 0) is 4.79 Å². The Hall–Kier alpha value is 0.480. The summed E-state index contributed by atoms with van der Waals surface area (Å²) >= 11 is 11.1. The van der Waals surface area contributed by atoms with Gasteiger partial charge in [-0.15, -0.1) is 0 Å². The Balaban J connectivity index is 3.83. The molecule has 0 aliphatic heterocycles. The van der Waals surface area contributed by atoms with E-state index in [0.717, 1.165) is 3.71 Å². The van der Waals surface area contributed by atoms with Crippen LogP contribution in [0.1, 0.15) is 0 Å². The third-order valence-electron chi connectivity index (χ3n) is 0.737. The molecule has 0 aromatic rings. The summed E-state index contributed by atoms with van der Waals surface area (Å²) in [5.41, 5.74) is 0. The minimum Gasteiger partial charge on any atom is -0.480 e. The predicted octanol–water partition coefficient (Wildman–Crippen LogP) is 0.361. The molecule has 6 heteroatoms. The van der Waals surface area contributed by atoms with Crippen LogP contribution in [0.25, 0.3) is 0 Å². The van der Waals surface area contributed by atoms with E-state index in [1.54, 1.807) is 0 Å². The second-order valence-electron chi connectivity index (χ2n) is 1.36. The van der Waals surface area contributed by atoms with Crippen molar-refractivity contribution in [2.24, 2.45) is 0 Å². The largest absolute Gasteiger partial charge is 0.480 e. The van der Waals surface area contributed by atoms with Gasteiger partial charge in [-0.2, -0.15) is 16.3 Å². The fraction of sp³-hybridized carbons (Fsp3) is 0.667. The second kappa shape index (κ2) is 4.32. The number of thiol groups is 3. The van der Waals surface area contributed by atoms with Crippen LogP contribution in [-0.4, -0.2) is 26.6 Å². The molecule has 0 aliphatic rings. The van der Waals surface area contributed by atoms with Crippen molar-refractivity contribution in [2.75, 3.05) is 5.75 Å². The smallest absolute Gasteiger partial charge is 0.323 e. The van der Waals surface area contributed by atoms with Gasteiger partial charge in [-0.1, -0.05) is 25.6 Å². The number of hydrogen-bond acceptors (Lipinski definition) is 5. The fourth-order valence-corrected chi connectivity index (χ4v) is 1.19. The van der Waals surface area contributed by atoms with Crippen molar-refractivity contribution in [3.63, 3.8) is 0 Å². The Labute approximate surface area is 69.9 Å². The van der Waals surface area contributed by atoms with Crippen LogP contribution in [0.5, 0.6) is 0 Å². The summed E-state index contributed by atoms with van der Waals surface area (Å²) < 4.78 is 1.01. The molecule has 9 heavy (non-hydrogen) atoms. The van der Waals surface area contributed by atoms with Crippen LogP contribution in [0.2, 0.25) is 0 Å². The van der Waals surface area contributed by atoms with E-state index in [0.29, 0.717) is 0 Å². The molecule has 1 atom stereocenters. The van der Waals surface area contributed by atoms with E-state index in [1.807, 2.05) is 0 Å². The quantitative estimate of drug-likeness (QED) is 0.480. The second-order valence-corrected chi connectivity index (χ2v) is 2.90. The minimum atomic E-state index is -0.977. The van der Waals surface area contributed by atoms with Crippen LogP contribution in [0.3, 0.4) is 0 Å². The third-order valence-corrected chi connectivity index (χ3v) is 1.64. The molecule has 0 aliphatic carbocycles. The van der Waals surface area contributed by atoms with Crippen LogP contribution < -0.4 is 0 Å². The first-order chi connectivity index (χ1) is 4.09. The fourth-order valence-electron chi connectivity index (χ4n) is 0.250. The zero-order valence-corrected chi connectivity index (χ0v) is 7.11. The number of rotatable bonds is 3. The lowest BCUT2D eigenvalue weighted by Crippen LogP contribution is -2.30. The molecular weight excluding hydrogens is 178 g/mol. The van der Waals surface area contributed by atoms with Gasteiger partial charge >= 0.3 is 5.97 Å². The Kier molecular flexibility index (Phi) is 4.55. The van der Waals surface area contributed by atoms with Crippen molar-refractivity contribution >= 4 is 44.2 Å². The average Bonchev–Trinajstić information content (AvgIpc) is 1.64. The third kappa shape index (κ3) is 3.24. The highest BCUT2D eigenvalue weighted by molar-refractivity contribution is 7.93. The molecule has 0 aromatic heterocycles. The van der Waals surface area contributed by atoms with Gasteiger partial charge in [-0.3, -0.25) is 4.79 Å². The molecule has 0 radical (unpaired) electrons. The highest BCUT2D eigenvalue weighted by Crippen LogP contribution is 2.07. The minimum absolute atomic E-state index is 0.197. The number of carboxylic acid groups (broad SMARTS) is 1. The molecule has 0 aromatic carbocycles.